The molecule has 2 N–H and O–H groups in total. The zero-order valence-electron chi connectivity index (χ0n) is 12.6. The third-order valence-electron chi connectivity index (χ3n) is 2.77. The van der Waals surface area contributed by atoms with Crippen LogP contribution in [0.3, 0.4) is 0 Å². The second-order valence-corrected chi connectivity index (χ2v) is 6.74. The molecule has 108 valence electrons. The smallest absolute Gasteiger partial charge is 0.138 e. The van der Waals surface area contributed by atoms with E-state index in [2.05, 4.69) is 51.7 Å². The van der Waals surface area contributed by atoms with Crippen LogP contribution in [-0.4, -0.2) is 22.0 Å². The summed E-state index contributed by atoms with van der Waals surface area (Å²) in [5, 5.41) is 9.53. The minimum absolute atomic E-state index is 0.0828. The highest BCUT2D eigenvalue weighted by Crippen LogP contribution is 2.22. The van der Waals surface area contributed by atoms with Crippen molar-refractivity contribution in [2.24, 2.45) is 0 Å². The Balaban J connectivity index is 2.18. The number of aromatic nitrogens is 3. The normalized spacial score (nSPS) is 11.4. The monoisotopic (exact) mass is 291 g/mol. The fourth-order valence-corrected chi connectivity index (χ4v) is 2.28. The molecule has 2 rings (SSSR count). The predicted octanol–water partition coefficient (Wildman–Crippen LogP) is 3.19. The van der Waals surface area contributed by atoms with Crippen molar-refractivity contribution in [3.63, 3.8) is 0 Å². The van der Waals surface area contributed by atoms with Crippen molar-refractivity contribution >= 4 is 23.0 Å². The zero-order chi connectivity index (χ0) is 14.8. The molecule has 6 heteroatoms. The quantitative estimate of drug-likeness (QED) is 0.906. The van der Waals surface area contributed by atoms with Crippen molar-refractivity contribution < 1.29 is 0 Å². The summed E-state index contributed by atoms with van der Waals surface area (Å²) in [5.41, 5.74) is 0.954. The summed E-state index contributed by atoms with van der Waals surface area (Å²) in [6, 6.07) is 1.91. The van der Waals surface area contributed by atoms with Crippen LogP contribution in [-0.2, 0) is 12.0 Å². The number of anilines is 2. The van der Waals surface area contributed by atoms with Crippen LogP contribution in [0.2, 0.25) is 0 Å². The van der Waals surface area contributed by atoms with Gasteiger partial charge in [0.1, 0.15) is 17.5 Å². The lowest BCUT2D eigenvalue weighted by atomic mass is 9.96. The van der Waals surface area contributed by atoms with Crippen LogP contribution in [0, 0.1) is 6.92 Å². The predicted molar refractivity (Wildman–Crippen MR) is 84.5 cm³/mol. The Bertz CT molecular complexity index is 585. The highest BCUT2D eigenvalue weighted by molar-refractivity contribution is 7.09. The molecule has 0 bridgehead atoms. The van der Waals surface area contributed by atoms with E-state index in [1.807, 2.05) is 20.0 Å². The summed E-state index contributed by atoms with van der Waals surface area (Å²) in [6.07, 6.45) is 0. The molecule has 0 amide bonds. The summed E-state index contributed by atoms with van der Waals surface area (Å²) < 4.78 is 0. The summed E-state index contributed by atoms with van der Waals surface area (Å²) in [6.45, 7) is 9.00. The van der Waals surface area contributed by atoms with Gasteiger partial charge in [0.15, 0.2) is 0 Å². The van der Waals surface area contributed by atoms with E-state index in [1.165, 1.54) is 0 Å². The molecule has 0 aliphatic carbocycles. The molecule has 0 atom stereocenters. The fraction of sp³-hybridized carbons (Fsp3) is 0.500. The van der Waals surface area contributed by atoms with Gasteiger partial charge in [-0.3, -0.25) is 0 Å². The first-order valence-corrected chi connectivity index (χ1v) is 7.48. The summed E-state index contributed by atoms with van der Waals surface area (Å²) in [4.78, 5) is 13.5. The molecule has 0 radical (unpaired) electrons. The second kappa shape index (κ2) is 5.75. The number of hydrogen-bond donors (Lipinski definition) is 2. The van der Waals surface area contributed by atoms with Gasteiger partial charge >= 0.3 is 0 Å². The van der Waals surface area contributed by atoms with Crippen molar-refractivity contribution in [3.8, 4) is 0 Å². The van der Waals surface area contributed by atoms with Crippen LogP contribution < -0.4 is 10.6 Å². The molecule has 2 aromatic rings. The molecule has 0 saturated heterocycles. The van der Waals surface area contributed by atoms with E-state index in [0.29, 0.717) is 6.54 Å². The Kier molecular flexibility index (Phi) is 4.23. The van der Waals surface area contributed by atoms with Crippen molar-refractivity contribution in [1.29, 1.82) is 0 Å². The van der Waals surface area contributed by atoms with Gasteiger partial charge in [-0.1, -0.05) is 20.8 Å². The number of nitrogens with zero attached hydrogens (tertiary/aromatic N) is 3. The Morgan fingerprint density at radius 3 is 2.40 bits per heavy atom. The Morgan fingerprint density at radius 1 is 1.15 bits per heavy atom. The van der Waals surface area contributed by atoms with Crippen molar-refractivity contribution in [1.82, 2.24) is 15.0 Å². The van der Waals surface area contributed by atoms with Crippen LogP contribution >= 0.6 is 11.3 Å². The lowest BCUT2D eigenvalue weighted by Crippen LogP contribution is -2.18. The van der Waals surface area contributed by atoms with Crippen molar-refractivity contribution in [2.75, 3.05) is 17.7 Å². The van der Waals surface area contributed by atoms with E-state index in [1.54, 1.807) is 11.3 Å². The van der Waals surface area contributed by atoms with E-state index in [0.717, 1.165) is 28.2 Å². The van der Waals surface area contributed by atoms with Crippen molar-refractivity contribution in [3.05, 3.63) is 28.0 Å². The SMILES string of the molecule is CNc1cc(NCc2csc(C)n2)nc(C(C)(C)C)n1. The maximum Gasteiger partial charge on any atom is 0.138 e. The average molecular weight is 291 g/mol. The molecular weight excluding hydrogens is 270 g/mol. The second-order valence-electron chi connectivity index (χ2n) is 5.67. The minimum Gasteiger partial charge on any atom is -0.373 e. The average Bonchev–Trinajstić information content (AvgIpc) is 2.81. The standard InChI is InChI=1S/C14H21N5S/c1-9-17-10(8-20-9)7-16-12-6-11(15-5)18-13(19-12)14(2,3)4/h6,8H,7H2,1-5H3,(H2,15,16,18,19). The summed E-state index contributed by atoms with van der Waals surface area (Å²) >= 11 is 1.66. The number of hydrogen-bond acceptors (Lipinski definition) is 6. The molecule has 0 aliphatic heterocycles. The zero-order valence-corrected chi connectivity index (χ0v) is 13.4. The molecule has 20 heavy (non-hydrogen) atoms. The lowest BCUT2D eigenvalue weighted by molar-refractivity contribution is 0.546. The van der Waals surface area contributed by atoms with Crippen LogP contribution in [0.15, 0.2) is 11.4 Å². The van der Waals surface area contributed by atoms with Crippen LogP contribution in [0.4, 0.5) is 11.6 Å². The minimum atomic E-state index is -0.0828. The highest BCUT2D eigenvalue weighted by atomic mass is 32.1. The molecule has 2 heterocycles. The van der Waals surface area contributed by atoms with Crippen LogP contribution in [0.25, 0.3) is 0 Å². The summed E-state index contributed by atoms with van der Waals surface area (Å²) in [5.74, 6) is 2.46. The van der Waals surface area contributed by atoms with Crippen LogP contribution in [0.5, 0.6) is 0 Å². The molecule has 0 unspecified atom stereocenters. The van der Waals surface area contributed by atoms with Gasteiger partial charge in [0.25, 0.3) is 0 Å². The van der Waals surface area contributed by atoms with Gasteiger partial charge in [-0.2, -0.15) is 0 Å². The van der Waals surface area contributed by atoms with E-state index >= 15 is 0 Å². The number of rotatable bonds is 4. The lowest BCUT2D eigenvalue weighted by Gasteiger charge is -2.18. The van der Waals surface area contributed by atoms with E-state index in [4.69, 9.17) is 0 Å². The number of thiazole rings is 1. The molecular formula is C14H21N5S. The van der Waals surface area contributed by atoms with Gasteiger partial charge in [0.2, 0.25) is 0 Å². The Labute approximate surface area is 123 Å². The van der Waals surface area contributed by atoms with Gasteiger partial charge in [0, 0.05) is 23.9 Å². The molecule has 0 fully saturated rings. The molecule has 5 nitrogen and oxygen atoms in total. The highest BCUT2D eigenvalue weighted by Gasteiger charge is 2.19. The Morgan fingerprint density at radius 2 is 1.85 bits per heavy atom. The van der Waals surface area contributed by atoms with Gasteiger partial charge in [-0.05, 0) is 6.92 Å². The van der Waals surface area contributed by atoms with E-state index < -0.39 is 0 Å². The molecule has 0 aromatic carbocycles. The van der Waals surface area contributed by atoms with E-state index in [-0.39, 0.29) is 5.41 Å². The van der Waals surface area contributed by atoms with Crippen molar-refractivity contribution in [2.45, 2.75) is 39.7 Å². The van der Waals surface area contributed by atoms with Gasteiger partial charge in [0.05, 0.1) is 17.2 Å². The summed E-state index contributed by atoms with van der Waals surface area (Å²) in [7, 11) is 1.86. The van der Waals surface area contributed by atoms with Crippen LogP contribution in [0.1, 0.15) is 37.3 Å². The molecule has 2 aromatic heterocycles. The largest absolute Gasteiger partial charge is 0.373 e. The Hall–Kier alpha value is -1.69. The van der Waals surface area contributed by atoms with Gasteiger partial charge in [-0.25, -0.2) is 15.0 Å². The first-order chi connectivity index (χ1) is 9.38. The number of aryl methyl sites for hydroxylation is 1. The van der Waals surface area contributed by atoms with Gasteiger partial charge in [-0.15, -0.1) is 11.3 Å². The first kappa shape index (κ1) is 14.7. The molecule has 0 aliphatic rings. The third kappa shape index (κ3) is 3.66. The maximum absolute atomic E-state index is 4.59. The molecule has 0 saturated carbocycles. The van der Waals surface area contributed by atoms with Gasteiger partial charge < -0.3 is 10.6 Å². The fourth-order valence-electron chi connectivity index (χ4n) is 1.67. The van der Waals surface area contributed by atoms with E-state index in [9.17, 15) is 0 Å². The topological polar surface area (TPSA) is 62.7 Å². The maximum atomic E-state index is 4.59. The molecule has 0 spiro atoms. The number of nitrogens with one attached hydrogen (secondary N) is 2. The first-order valence-electron chi connectivity index (χ1n) is 6.60. The third-order valence-corrected chi connectivity index (χ3v) is 3.59.